The second-order valence-electron chi connectivity index (χ2n) is 6.28. The highest BCUT2D eigenvalue weighted by molar-refractivity contribution is 5.75. The van der Waals surface area contributed by atoms with Gasteiger partial charge in [0.1, 0.15) is 6.33 Å². The van der Waals surface area contributed by atoms with Gasteiger partial charge in [0.15, 0.2) is 0 Å². The fraction of sp³-hybridized carbons (Fsp3) is 0.375. The Balaban J connectivity index is 1.97. The van der Waals surface area contributed by atoms with Gasteiger partial charge in [0, 0.05) is 30.9 Å². The molecule has 26 heavy (non-hydrogen) atoms. The van der Waals surface area contributed by atoms with Crippen LogP contribution < -0.4 is 10.2 Å². The SMILES string of the molecule is CC1CCCN(c2ncnc(Nc3cccc([N+](=O)[O-])c3)c2[N+](=O)[O-])C1. The van der Waals surface area contributed by atoms with Crippen LogP contribution in [0.3, 0.4) is 0 Å². The van der Waals surface area contributed by atoms with E-state index in [2.05, 4.69) is 22.2 Å². The number of rotatable bonds is 5. The van der Waals surface area contributed by atoms with Gasteiger partial charge < -0.3 is 10.2 Å². The van der Waals surface area contributed by atoms with Crippen LogP contribution in [0.25, 0.3) is 0 Å². The molecule has 0 radical (unpaired) electrons. The molecule has 1 aliphatic rings. The van der Waals surface area contributed by atoms with Crippen LogP contribution in [0.15, 0.2) is 30.6 Å². The maximum atomic E-state index is 11.7. The number of nitrogens with one attached hydrogen (secondary N) is 1. The molecule has 10 heteroatoms. The van der Waals surface area contributed by atoms with Crippen molar-refractivity contribution in [3.63, 3.8) is 0 Å². The first-order chi connectivity index (χ1) is 12.5. The third-order valence-electron chi connectivity index (χ3n) is 4.26. The van der Waals surface area contributed by atoms with Gasteiger partial charge in [-0.25, -0.2) is 9.97 Å². The van der Waals surface area contributed by atoms with Crippen LogP contribution in [0, 0.1) is 26.1 Å². The molecular weight excluding hydrogens is 340 g/mol. The first-order valence-electron chi connectivity index (χ1n) is 8.21. The second kappa shape index (κ2) is 7.30. The molecule has 1 fully saturated rings. The van der Waals surface area contributed by atoms with Crippen LogP contribution in [0.5, 0.6) is 0 Å². The van der Waals surface area contributed by atoms with Crippen molar-refractivity contribution >= 4 is 28.7 Å². The summed E-state index contributed by atoms with van der Waals surface area (Å²) in [6, 6.07) is 5.73. The van der Waals surface area contributed by atoms with Crippen molar-refractivity contribution < 1.29 is 9.85 Å². The molecule has 1 N–H and O–H groups in total. The minimum atomic E-state index is -0.528. The van der Waals surface area contributed by atoms with Crippen molar-refractivity contribution in [2.24, 2.45) is 5.92 Å². The molecule has 2 heterocycles. The molecule has 2 aromatic rings. The van der Waals surface area contributed by atoms with Gasteiger partial charge in [-0.05, 0) is 24.8 Å². The first-order valence-corrected chi connectivity index (χ1v) is 8.21. The van der Waals surface area contributed by atoms with Gasteiger partial charge in [0.25, 0.3) is 5.69 Å². The highest BCUT2D eigenvalue weighted by Gasteiger charge is 2.29. The lowest BCUT2D eigenvalue weighted by Gasteiger charge is -2.31. The van der Waals surface area contributed by atoms with Crippen molar-refractivity contribution in [1.29, 1.82) is 0 Å². The van der Waals surface area contributed by atoms with Crippen LogP contribution in [-0.2, 0) is 0 Å². The molecule has 136 valence electrons. The van der Waals surface area contributed by atoms with E-state index in [1.54, 1.807) is 6.07 Å². The van der Waals surface area contributed by atoms with Gasteiger partial charge in [-0.1, -0.05) is 13.0 Å². The van der Waals surface area contributed by atoms with Crippen molar-refractivity contribution in [2.75, 3.05) is 23.3 Å². The van der Waals surface area contributed by atoms with Gasteiger partial charge in [0.2, 0.25) is 11.6 Å². The lowest BCUT2D eigenvalue weighted by Crippen LogP contribution is -2.35. The minimum absolute atomic E-state index is 0.0127. The molecule has 1 saturated heterocycles. The van der Waals surface area contributed by atoms with E-state index in [1.807, 2.05) is 4.90 Å². The summed E-state index contributed by atoms with van der Waals surface area (Å²) in [5.74, 6) is 0.703. The van der Waals surface area contributed by atoms with Gasteiger partial charge in [0.05, 0.1) is 9.85 Å². The molecule has 10 nitrogen and oxygen atoms in total. The van der Waals surface area contributed by atoms with E-state index in [4.69, 9.17) is 0 Å². The molecule has 0 amide bonds. The number of anilines is 3. The van der Waals surface area contributed by atoms with Crippen LogP contribution in [0.1, 0.15) is 19.8 Å². The zero-order valence-corrected chi connectivity index (χ0v) is 14.2. The molecule has 1 atom stereocenters. The Hall–Kier alpha value is -3.30. The van der Waals surface area contributed by atoms with Gasteiger partial charge >= 0.3 is 5.69 Å². The monoisotopic (exact) mass is 358 g/mol. The summed E-state index contributed by atoms with van der Waals surface area (Å²) in [4.78, 5) is 31.6. The maximum absolute atomic E-state index is 11.7. The zero-order valence-electron chi connectivity index (χ0n) is 14.2. The van der Waals surface area contributed by atoms with E-state index >= 15 is 0 Å². The van der Waals surface area contributed by atoms with E-state index in [0.717, 1.165) is 12.8 Å². The molecule has 1 unspecified atom stereocenters. The third kappa shape index (κ3) is 3.68. The fourth-order valence-corrected chi connectivity index (χ4v) is 3.08. The predicted octanol–water partition coefficient (Wildman–Crippen LogP) is 3.27. The summed E-state index contributed by atoms with van der Waals surface area (Å²) in [6.45, 7) is 3.48. The Kier molecular flexibility index (Phi) is 4.92. The van der Waals surface area contributed by atoms with E-state index in [0.29, 0.717) is 24.7 Å². The summed E-state index contributed by atoms with van der Waals surface area (Å²) >= 11 is 0. The second-order valence-corrected chi connectivity index (χ2v) is 6.28. The van der Waals surface area contributed by atoms with E-state index < -0.39 is 9.85 Å². The lowest BCUT2D eigenvalue weighted by molar-refractivity contribution is -0.384. The van der Waals surface area contributed by atoms with Crippen molar-refractivity contribution in [3.8, 4) is 0 Å². The molecule has 0 aliphatic carbocycles. The largest absolute Gasteiger partial charge is 0.353 e. The normalized spacial score (nSPS) is 17.0. The van der Waals surface area contributed by atoms with Gasteiger partial charge in [-0.2, -0.15) is 0 Å². The Morgan fingerprint density at radius 2 is 2.04 bits per heavy atom. The van der Waals surface area contributed by atoms with Crippen LogP contribution in [-0.4, -0.2) is 32.9 Å². The van der Waals surface area contributed by atoms with Crippen molar-refractivity contribution in [1.82, 2.24) is 9.97 Å². The van der Waals surface area contributed by atoms with Crippen molar-refractivity contribution in [2.45, 2.75) is 19.8 Å². The number of hydrogen-bond acceptors (Lipinski definition) is 8. The Morgan fingerprint density at radius 1 is 1.23 bits per heavy atom. The zero-order chi connectivity index (χ0) is 18.7. The highest BCUT2D eigenvalue weighted by Crippen LogP contribution is 2.35. The maximum Gasteiger partial charge on any atom is 0.353 e. The first kappa shape index (κ1) is 17.5. The molecule has 1 aliphatic heterocycles. The number of non-ortho nitro benzene ring substituents is 1. The third-order valence-corrected chi connectivity index (χ3v) is 4.26. The van der Waals surface area contributed by atoms with Crippen LogP contribution in [0.2, 0.25) is 0 Å². The number of piperidine rings is 1. The number of aromatic nitrogens is 2. The average molecular weight is 358 g/mol. The van der Waals surface area contributed by atoms with E-state index in [9.17, 15) is 20.2 Å². The fourth-order valence-electron chi connectivity index (χ4n) is 3.08. The van der Waals surface area contributed by atoms with Gasteiger partial charge in [-0.15, -0.1) is 0 Å². The van der Waals surface area contributed by atoms with E-state index in [1.165, 1.54) is 24.5 Å². The number of benzene rings is 1. The summed E-state index contributed by atoms with van der Waals surface area (Å²) in [5.41, 5.74) is 0.00357. The Labute approximate surface area is 149 Å². The lowest BCUT2D eigenvalue weighted by atomic mass is 10.0. The molecular formula is C16H18N6O4. The number of nitrogens with zero attached hydrogens (tertiary/aromatic N) is 5. The number of hydrogen-bond donors (Lipinski definition) is 1. The molecule has 0 spiro atoms. The Bertz CT molecular complexity index is 843. The summed E-state index contributed by atoms with van der Waals surface area (Å²) in [6.07, 6.45) is 3.28. The number of nitro benzene ring substituents is 1. The molecule has 0 saturated carbocycles. The van der Waals surface area contributed by atoms with Crippen LogP contribution >= 0.6 is 0 Å². The topological polar surface area (TPSA) is 127 Å². The molecule has 0 bridgehead atoms. The summed E-state index contributed by atoms with van der Waals surface area (Å²) in [7, 11) is 0. The van der Waals surface area contributed by atoms with Crippen molar-refractivity contribution in [3.05, 3.63) is 50.8 Å². The predicted molar refractivity (Wildman–Crippen MR) is 95.7 cm³/mol. The average Bonchev–Trinajstić information content (AvgIpc) is 2.61. The van der Waals surface area contributed by atoms with Crippen LogP contribution in [0.4, 0.5) is 28.7 Å². The molecule has 1 aromatic carbocycles. The van der Waals surface area contributed by atoms with Gasteiger partial charge in [-0.3, -0.25) is 20.2 Å². The smallest absolute Gasteiger partial charge is 0.350 e. The summed E-state index contributed by atoms with van der Waals surface area (Å²) in [5, 5.41) is 25.4. The quantitative estimate of drug-likeness (QED) is 0.637. The van der Waals surface area contributed by atoms with E-state index in [-0.39, 0.29) is 23.0 Å². The summed E-state index contributed by atoms with van der Waals surface area (Å²) < 4.78 is 0. The Morgan fingerprint density at radius 3 is 2.73 bits per heavy atom. The number of nitro groups is 2. The molecule has 1 aromatic heterocycles. The minimum Gasteiger partial charge on any atom is -0.350 e. The molecule has 3 rings (SSSR count). The highest BCUT2D eigenvalue weighted by atomic mass is 16.6. The standard InChI is InChI=1S/C16H18N6O4/c1-11-4-3-7-20(9-11)16-14(22(25)26)15(17-10-18-16)19-12-5-2-6-13(8-12)21(23)24/h2,5-6,8,10-11H,3-4,7,9H2,1H3,(H,17,18,19).